The normalized spacial score (nSPS) is 12.3. The molecule has 204 valence electrons. The Hall–Kier alpha value is -3.26. The number of ether oxygens (including phenoxy) is 2. The van der Waals surface area contributed by atoms with Gasteiger partial charge in [0.05, 0.1) is 12.4 Å². The zero-order valence-electron chi connectivity index (χ0n) is 22.0. The van der Waals surface area contributed by atoms with Crippen LogP contribution in [0.4, 0.5) is 13.2 Å². The van der Waals surface area contributed by atoms with Crippen LogP contribution in [0.25, 0.3) is 22.5 Å². The van der Waals surface area contributed by atoms with E-state index in [1.54, 1.807) is 0 Å². The fourth-order valence-corrected chi connectivity index (χ4v) is 3.97. The number of alkyl halides is 3. The fourth-order valence-electron chi connectivity index (χ4n) is 3.97. The number of aryl methyl sites for hydroxylation is 1. The van der Waals surface area contributed by atoms with Crippen LogP contribution in [0.3, 0.4) is 0 Å². The third kappa shape index (κ3) is 8.94. The average Bonchev–Trinajstić information content (AvgIpc) is 2.91. The van der Waals surface area contributed by atoms with Gasteiger partial charge < -0.3 is 9.47 Å². The van der Waals surface area contributed by atoms with Gasteiger partial charge in [-0.05, 0) is 36.0 Å². The molecular weight excluding hydrogens is 493 g/mol. The molecule has 38 heavy (non-hydrogen) atoms. The van der Waals surface area contributed by atoms with Crippen LogP contribution in [0.2, 0.25) is 0 Å². The summed E-state index contributed by atoms with van der Waals surface area (Å²) in [6.07, 6.45) is 2.84. The Labute approximate surface area is 222 Å². The summed E-state index contributed by atoms with van der Waals surface area (Å²) in [5.74, 6) is -1.36. The maximum atomic E-state index is 13.3. The molecule has 0 radical (unpaired) electrons. The first-order chi connectivity index (χ1) is 18.3. The first-order valence-corrected chi connectivity index (χ1v) is 13.2. The molecular formula is C30H35F3N2O3. The zero-order valence-corrected chi connectivity index (χ0v) is 22.0. The van der Waals surface area contributed by atoms with Crippen molar-refractivity contribution in [2.24, 2.45) is 0 Å². The number of carbonyl (C=O) groups excluding carboxylic acids is 1. The van der Waals surface area contributed by atoms with E-state index in [4.69, 9.17) is 9.47 Å². The van der Waals surface area contributed by atoms with Gasteiger partial charge in [0.2, 0.25) is 0 Å². The Bertz CT molecular complexity index is 1120. The lowest BCUT2D eigenvalue weighted by atomic mass is 10.00. The van der Waals surface area contributed by atoms with Crippen LogP contribution in [-0.4, -0.2) is 34.8 Å². The van der Waals surface area contributed by atoms with Crippen molar-refractivity contribution < 1.29 is 27.4 Å². The maximum Gasteiger partial charge on any atom is 0.425 e. The molecule has 0 amide bonds. The highest BCUT2D eigenvalue weighted by Gasteiger charge is 2.47. The first kappa shape index (κ1) is 29.3. The van der Waals surface area contributed by atoms with Gasteiger partial charge in [-0.1, -0.05) is 94.5 Å². The van der Waals surface area contributed by atoms with Crippen molar-refractivity contribution in [3.63, 3.8) is 0 Å². The Balaban J connectivity index is 1.59. The molecule has 0 bridgehead atoms. The molecule has 0 aliphatic rings. The molecule has 3 aromatic rings. The van der Waals surface area contributed by atoms with E-state index in [1.165, 1.54) is 43.6 Å². The second-order valence-corrected chi connectivity index (χ2v) is 9.25. The van der Waals surface area contributed by atoms with Crippen molar-refractivity contribution in [1.29, 1.82) is 0 Å². The quantitative estimate of drug-likeness (QED) is 0.157. The number of nitrogens with zero attached hydrogens (tertiary/aromatic N) is 2. The smallest absolute Gasteiger partial charge is 0.421 e. The second kappa shape index (κ2) is 14.6. The van der Waals surface area contributed by atoms with Gasteiger partial charge in [-0.3, -0.25) is 0 Å². The van der Waals surface area contributed by atoms with Crippen molar-refractivity contribution in [3.05, 3.63) is 66.5 Å². The number of hydrogen-bond acceptors (Lipinski definition) is 5. The molecule has 1 heterocycles. The Morgan fingerprint density at radius 1 is 0.789 bits per heavy atom. The number of aromatic nitrogens is 2. The van der Waals surface area contributed by atoms with E-state index in [9.17, 15) is 18.0 Å². The van der Waals surface area contributed by atoms with Gasteiger partial charge >= 0.3 is 12.1 Å². The van der Waals surface area contributed by atoms with Crippen molar-refractivity contribution in [1.82, 2.24) is 9.97 Å². The molecule has 1 atom stereocenters. The van der Waals surface area contributed by atoms with Crippen LogP contribution in [0, 0.1) is 0 Å². The lowest BCUT2D eigenvalue weighted by molar-refractivity contribution is -0.225. The van der Waals surface area contributed by atoms with Crippen molar-refractivity contribution in [2.75, 3.05) is 6.61 Å². The van der Waals surface area contributed by atoms with Crippen molar-refractivity contribution >= 4 is 5.97 Å². The van der Waals surface area contributed by atoms with Gasteiger partial charge in [0.15, 0.2) is 11.6 Å². The lowest BCUT2D eigenvalue weighted by Gasteiger charge is -2.19. The summed E-state index contributed by atoms with van der Waals surface area (Å²) in [7, 11) is 0. The Morgan fingerprint density at radius 3 is 1.92 bits per heavy atom. The van der Waals surface area contributed by atoms with Crippen LogP contribution >= 0.6 is 0 Å². The van der Waals surface area contributed by atoms with Crippen LogP contribution in [0.1, 0.15) is 64.4 Å². The molecule has 0 saturated heterocycles. The minimum absolute atomic E-state index is 0.179. The molecule has 1 aromatic heterocycles. The number of carbonyl (C=O) groups is 1. The highest BCUT2D eigenvalue weighted by atomic mass is 19.4. The van der Waals surface area contributed by atoms with Crippen LogP contribution in [0.15, 0.2) is 60.9 Å². The first-order valence-electron chi connectivity index (χ1n) is 13.2. The summed E-state index contributed by atoms with van der Waals surface area (Å²) in [4.78, 5) is 20.4. The highest BCUT2D eigenvalue weighted by molar-refractivity contribution is 5.78. The largest absolute Gasteiger partial charge is 0.425 e. The Morgan fingerprint density at radius 2 is 1.34 bits per heavy atom. The summed E-state index contributed by atoms with van der Waals surface area (Å²) in [6.45, 7) is 3.95. The summed E-state index contributed by atoms with van der Waals surface area (Å²) in [5.41, 5.74) is 4.22. The molecule has 0 aliphatic carbocycles. The number of esters is 1. The summed E-state index contributed by atoms with van der Waals surface area (Å²) in [5, 5.41) is 0. The fraction of sp³-hybridized carbons (Fsp3) is 0.433. The molecule has 8 heteroatoms. The second-order valence-electron chi connectivity index (χ2n) is 9.25. The van der Waals surface area contributed by atoms with Gasteiger partial charge in [0.1, 0.15) is 0 Å². The van der Waals surface area contributed by atoms with Gasteiger partial charge in [0, 0.05) is 12.2 Å². The number of rotatable bonds is 14. The molecule has 3 rings (SSSR count). The number of benzene rings is 2. The lowest BCUT2D eigenvalue weighted by Crippen LogP contribution is -2.42. The van der Waals surface area contributed by atoms with Crippen molar-refractivity contribution in [3.8, 4) is 28.3 Å². The monoisotopic (exact) mass is 528 g/mol. The third-order valence-corrected chi connectivity index (χ3v) is 6.14. The topological polar surface area (TPSA) is 61.3 Å². The number of halogens is 3. The molecule has 0 aliphatic heterocycles. The predicted octanol–water partition coefficient (Wildman–Crippen LogP) is 7.98. The standard InChI is InChI=1S/C30H35F3N2O3/c1-3-5-7-8-10-22-11-13-23(14-12-22)24-15-17-25(18-16-24)28-34-20-26(21-35-28)38-29(36)27(30(31,32)33)37-19-9-6-4-2/h11-18,20-21,27H,3-10,19H2,1-2H3. The predicted molar refractivity (Wildman–Crippen MR) is 142 cm³/mol. The average molecular weight is 529 g/mol. The number of unbranched alkanes of at least 4 members (excludes halogenated alkanes) is 5. The van der Waals surface area contributed by atoms with Gasteiger partial charge in [-0.2, -0.15) is 13.2 Å². The highest BCUT2D eigenvalue weighted by Crippen LogP contribution is 2.27. The minimum atomic E-state index is -4.87. The van der Waals surface area contributed by atoms with E-state index in [2.05, 4.69) is 41.2 Å². The van der Waals surface area contributed by atoms with E-state index in [0.29, 0.717) is 18.7 Å². The molecule has 2 aromatic carbocycles. The molecule has 1 unspecified atom stereocenters. The van der Waals surface area contributed by atoms with Gasteiger partial charge in [-0.25, -0.2) is 14.8 Å². The van der Waals surface area contributed by atoms with E-state index >= 15 is 0 Å². The summed E-state index contributed by atoms with van der Waals surface area (Å²) in [6, 6.07) is 16.2. The van der Waals surface area contributed by atoms with E-state index < -0.39 is 18.2 Å². The summed E-state index contributed by atoms with van der Waals surface area (Å²) < 4.78 is 49.4. The van der Waals surface area contributed by atoms with Crippen LogP contribution in [0.5, 0.6) is 5.75 Å². The third-order valence-electron chi connectivity index (χ3n) is 6.14. The van der Waals surface area contributed by atoms with Crippen molar-refractivity contribution in [2.45, 2.75) is 77.5 Å². The van der Waals surface area contributed by atoms with E-state index in [0.717, 1.165) is 29.5 Å². The van der Waals surface area contributed by atoms with E-state index in [1.807, 2.05) is 31.2 Å². The molecule has 0 N–H and O–H groups in total. The molecule has 5 nitrogen and oxygen atoms in total. The number of hydrogen-bond donors (Lipinski definition) is 0. The van der Waals surface area contributed by atoms with E-state index in [-0.39, 0.29) is 12.4 Å². The maximum absolute atomic E-state index is 13.3. The molecule has 0 fully saturated rings. The zero-order chi connectivity index (χ0) is 27.4. The van der Waals surface area contributed by atoms with Crippen LogP contribution < -0.4 is 4.74 Å². The van der Waals surface area contributed by atoms with Gasteiger partial charge in [0.25, 0.3) is 6.10 Å². The minimum Gasteiger partial charge on any atom is -0.421 e. The van der Waals surface area contributed by atoms with Crippen LogP contribution in [-0.2, 0) is 16.0 Å². The molecule has 0 saturated carbocycles. The SMILES string of the molecule is CCCCCCc1ccc(-c2ccc(-c3ncc(OC(=O)C(OCCCCC)C(F)(F)F)cn3)cc2)cc1. The Kier molecular flexibility index (Phi) is 11.3. The van der Waals surface area contributed by atoms with Gasteiger partial charge in [-0.15, -0.1) is 0 Å². The molecule has 0 spiro atoms. The summed E-state index contributed by atoms with van der Waals surface area (Å²) >= 11 is 0.